The highest BCUT2D eigenvalue weighted by molar-refractivity contribution is 9.10. The zero-order valence-electron chi connectivity index (χ0n) is 12.5. The molecule has 0 aliphatic heterocycles. The van der Waals surface area contributed by atoms with Crippen LogP contribution in [0.2, 0.25) is 0 Å². The van der Waals surface area contributed by atoms with Crippen LogP contribution in [-0.2, 0) is 0 Å². The summed E-state index contributed by atoms with van der Waals surface area (Å²) in [6.07, 6.45) is 0. The monoisotopic (exact) mass is 375 g/mol. The van der Waals surface area contributed by atoms with Gasteiger partial charge in [-0.2, -0.15) is 5.10 Å². The van der Waals surface area contributed by atoms with Crippen LogP contribution < -0.4 is 5.43 Å². The highest BCUT2D eigenvalue weighted by Gasteiger charge is 2.14. The summed E-state index contributed by atoms with van der Waals surface area (Å²) in [5.74, 6) is -0.498. The van der Waals surface area contributed by atoms with Crippen molar-refractivity contribution in [1.29, 1.82) is 0 Å². The molecule has 2 rings (SSSR count). The molecule has 118 valence electrons. The van der Waals surface area contributed by atoms with E-state index in [0.29, 0.717) is 11.3 Å². The lowest BCUT2D eigenvalue weighted by Gasteiger charge is -2.04. The number of halogens is 1. The Labute approximate surface area is 141 Å². The molecule has 0 bridgehead atoms. The lowest BCUT2D eigenvalue weighted by atomic mass is 10.1. The fourth-order valence-electron chi connectivity index (χ4n) is 1.92. The van der Waals surface area contributed by atoms with Gasteiger partial charge in [-0.25, -0.2) is 5.43 Å². The fourth-order valence-corrected chi connectivity index (χ4v) is 2.32. The third-order valence-corrected chi connectivity index (χ3v) is 3.73. The van der Waals surface area contributed by atoms with Gasteiger partial charge in [0.1, 0.15) is 0 Å². The van der Waals surface area contributed by atoms with Crippen LogP contribution in [0.5, 0.6) is 0 Å². The van der Waals surface area contributed by atoms with Crippen LogP contribution in [0.25, 0.3) is 0 Å². The maximum absolute atomic E-state index is 12.1. The quantitative estimate of drug-likeness (QED) is 0.500. The highest BCUT2D eigenvalue weighted by Crippen LogP contribution is 2.19. The smallest absolute Gasteiger partial charge is 0.267 e. The van der Waals surface area contributed by atoms with Crippen LogP contribution in [0.4, 0.5) is 5.69 Å². The number of carbonyl (C=O) groups excluding carboxylic acids is 1. The summed E-state index contributed by atoms with van der Waals surface area (Å²) in [6, 6.07) is 11.8. The fraction of sp³-hybridized carbons (Fsp3) is 0.125. The summed E-state index contributed by atoms with van der Waals surface area (Å²) in [4.78, 5) is 22.5. The predicted octanol–water partition coefficient (Wildman–Crippen LogP) is 3.82. The van der Waals surface area contributed by atoms with Crippen LogP contribution in [0.15, 0.2) is 52.0 Å². The Morgan fingerprint density at radius 1 is 1.22 bits per heavy atom. The van der Waals surface area contributed by atoms with Gasteiger partial charge in [0, 0.05) is 21.7 Å². The second-order valence-corrected chi connectivity index (χ2v) is 5.82. The van der Waals surface area contributed by atoms with Crippen LogP contribution in [0.3, 0.4) is 0 Å². The predicted molar refractivity (Wildman–Crippen MR) is 91.7 cm³/mol. The van der Waals surface area contributed by atoms with Gasteiger partial charge in [-0.1, -0.05) is 34.1 Å². The molecule has 2 aromatic rings. The first kappa shape index (κ1) is 16.8. The maximum atomic E-state index is 12.1. The van der Waals surface area contributed by atoms with Gasteiger partial charge in [0.2, 0.25) is 0 Å². The minimum atomic E-state index is -0.512. The molecule has 1 N–H and O–H groups in total. The number of amides is 1. The van der Waals surface area contributed by atoms with Gasteiger partial charge in [0.05, 0.1) is 10.6 Å². The Balaban J connectivity index is 2.18. The van der Waals surface area contributed by atoms with Crippen LogP contribution in [0, 0.1) is 17.0 Å². The number of hydrazone groups is 1. The van der Waals surface area contributed by atoms with Gasteiger partial charge in [-0.05, 0) is 37.6 Å². The number of nitro benzene ring substituents is 1. The molecule has 0 aliphatic rings. The molecule has 0 saturated heterocycles. The number of aryl methyl sites for hydroxylation is 1. The first-order valence-electron chi connectivity index (χ1n) is 6.74. The molecular weight excluding hydrogens is 362 g/mol. The Bertz CT molecular complexity index is 803. The van der Waals surface area contributed by atoms with Crippen molar-refractivity contribution in [1.82, 2.24) is 5.43 Å². The Morgan fingerprint density at radius 2 is 1.96 bits per heavy atom. The molecule has 7 heteroatoms. The standard InChI is InChI=1S/C16H14BrN3O3/c1-10-6-7-13(9-15(10)20(22)23)16(21)19-18-11(2)12-4-3-5-14(17)8-12/h3-9H,1-2H3,(H,19,21). The Hall–Kier alpha value is -2.54. The molecule has 0 aromatic heterocycles. The van der Waals surface area contributed by atoms with E-state index in [1.165, 1.54) is 18.2 Å². The third kappa shape index (κ3) is 4.23. The molecule has 0 saturated carbocycles. The van der Waals surface area contributed by atoms with Crippen molar-refractivity contribution >= 4 is 33.2 Å². The minimum absolute atomic E-state index is 0.0923. The molecule has 1 amide bonds. The Kier molecular flexibility index (Phi) is 5.23. The van der Waals surface area contributed by atoms with Gasteiger partial charge >= 0.3 is 0 Å². The van der Waals surface area contributed by atoms with Crippen molar-refractivity contribution in [3.8, 4) is 0 Å². The number of nitro groups is 1. The van der Waals surface area contributed by atoms with Crippen molar-refractivity contribution in [2.24, 2.45) is 5.10 Å². The van der Waals surface area contributed by atoms with Gasteiger partial charge in [-0.15, -0.1) is 0 Å². The average Bonchev–Trinajstić information content (AvgIpc) is 2.52. The molecule has 6 nitrogen and oxygen atoms in total. The molecule has 0 atom stereocenters. The summed E-state index contributed by atoms with van der Waals surface area (Å²) >= 11 is 3.37. The van der Waals surface area contributed by atoms with Gasteiger partial charge in [0.15, 0.2) is 0 Å². The largest absolute Gasteiger partial charge is 0.273 e. The van der Waals surface area contributed by atoms with E-state index in [0.717, 1.165) is 10.0 Å². The number of nitrogens with one attached hydrogen (secondary N) is 1. The topological polar surface area (TPSA) is 84.6 Å². The summed E-state index contributed by atoms with van der Waals surface area (Å²) in [5, 5.41) is 15.0. The van der Waals surface area contributed by atoms with Crippen LogP contribution in [-0.4, -0.2) is 16.5 Å². The highest BCUT2D eigenvalue weighted by atomic mass is 79.9. The minimum Gasteiger partial charge on any atom is -0.267 e. The number of benzene rings is 2. The molecule has 0 radical (unpaired) electrons. The second-order valence-electron chi connectivity index (χ2n) is 4.91. The molecule has 0 heterocycles. The lowest BCUT2D eigenvalue weighted by Crippen LogP contribution is -2.19. The summed E-state index contributed by atoms with van der Waals surface area (Å²) in [5.41, 5.74) is 4.49. The number of carbonyl (C=O) groups is 1. The second kappa shape index (κ2) is 7.15. The summed E-state index contributed by atoms with van der Waals surface area (Å²) in [6.45, 7) is 3.38. The van der Waals surface area contributed by atoms with Crippen molar-refractivity contribution in [2.45, 2.75) is 13.8 Å². The van der Waals surface area contributed by atoms with Crippen molar-refractivity contribution in [3.05, 3.63) is 73.7 Å². The van der Waals surface area contributed by atoms with E-state index < -0.39 is 10.8 Å². The normalized spacial score (nSPS) is 11.2. The summed E-state index contributed by atoms with van der Waals surface area (Å²) in [7, 11) is 0. The van der Waals surface area contributed by atoms with Crippen molar-refractivity contribution < 1.29 is 9.72 Å². The Morgan fingerprint density at radius 3 is 2.61 bits per heavy atom. The molecule has 0 unspecified atom stereocenters. The molecule has 0 spiro atoms. The van der Waals surface area contributed by atoms with Gasteiger partial charge in [0.25, 0.3) is 11.6 Å². The van der Waals surface area contributed by atoms with Crippen LogP contribution >= 0.6 is 15.9 Å². The van der Waals surface area contributed by atoms with E-state index in [1.54, 1.807) is 13.8 Å². The molecule has 23 heavy (non-hydrogen) atoms. The van der Waals surface area contributed by atoms with E-state index in [-0.39, 0.29) is 11.3 Å². The number of nitrogens with zero attached hydrogens (tertiary/aromatic N) is 2. The average molecular weight is 376 g/mol. The molecule has 2 aromatic carbocycles. The van der Waals surface area contributed by atoms with E-state index in [2.05, 4.69) is 26.5 Å². The summed E-state index contributed by atoms with van der Waals surface area (Å²) < 4.78 is 0.907. The van der Waals surface area contributed by atoms with E-state index in [9.17, 15) is 14.9 Å². The van der Waals surface area contributed by atoms with Crippen molar-refractivity contribution in [2.75, 3.05) is 0 Å². The number of rotatable bonds is 4. The zero-order chi connectivity index (χ0) is 17.0. The van der Waals surface area contributed by atoms with E-state index in [1.807, 2.05) is 24.3 Å². The number of hydrogen-bond acceptors (Lipinski definition) is 4. The maximum Gasteiger partial charge on any atom is 0.273 e. The van der Waals surface area contributed by atoms with Gasteiger partial charge in [-0.3, -0.25) is 14.9 Å². The lowest BCUT2D eigenvalue weighted by molar-refractivity contribution is -0.385. The van der Waals surface area contributed by atoms with Gasteiger partial charge < -0.3 is 0 Å². The SMILES string of the molecule is CC(=NNC(=O)c1ccc(C)c([N+](=O)[O-])c1)c1cccc(Br)c1. The van der Waals surface area contributed by atoms with Crippen molar-refractivity contribution in [3.63, 3.8) is 0 Å². The van der Waals surface area contributed by atoms with E-state index in [4.69, 9.17) is 0 Å². The zero-order valence-corrected chi connectivity index (χ0v) is 14.1. The van der Waals surface area contributed by atoms with E-state index >= 15 is 0 Å². The molecular formula is C16H14BrN3O3. The molecule has 0 aliphatic carbocycles. The third-order valence-electron chi connectivity index (χ3n) is 3.24. The van der Waals surface area contributed by atoms with Crippen LogP contribution in [0.1, 0.15) is 28.4 Å². The number of hydrogen-bond donors (Lipinski definition) is 1. The first-order chi connectivity index (χ1) is 10.9. The molecule has 0 fully saturated rings. The first-order valence-corrected chi connectivity index (χ1v) is 7.53.